The molecule has 2 rings (SSSR count). The van der Waals surface area contributed by atoms with E-state index in [0.29, 0.717) is 16.9 Å². The van der Waals surface area contributed by atoms with Crippen molar-refractivity contribution in [2.24, 2.45) is 10.9 Å². The van der Waals surface area contributed by atoms with Gasteiger partial charge in [-0.1, -0.05) is 32.0 Å². The normalized spacial score (nSPS) is 11.1. The standard InChI is InChI=1S/C18H20N2O2/c1-12(2)18(22)20-16-9-5-8-15(10-16)19-11-14-7-4-6-13(3)17(14)21/h4-12,21H,1-3H3,(H,20,22). The Morgan fingerprint density at radius 2 is 1.95 bits per heavy atom. The van der Waals surface area contributed by atoms with Gasteiger partial charge in [-0.25, -0.2) is 0 Å². The minimum absolute atomic E-state index is 0.0301. The van der Waals surface area contributed by atoms with Gasteiger partial charge in [-0.3, -0.25) is 9.79 Å². The van der Waals surface area contributed by atoms with Gasteiger partial charge in [0.25, 0.3) is 0 Å². The molecule has 0 aliphatic heterocycles. The molecule has 0 saturated carbocycles. The van der Waals surface area contributed by atoms with Crippen molar-refractivity contribution in [3.8, 4) is 5.75 Å². The van der Waals surface area contributed by atoms with Crippen LogP contribution in [0.1, 0.15) is 25.0 Å². The molecule has 2 N–H and O–H groups in total. The maximum Gasteiger partial charge on any atom is 0.226 e. The SMILES string of the molecule is Cc1cccc(C=Nc2cccc(NC(=O)C(C)C)c2)c1O. The zero-order valence-electron chi connectivity index (χ0n) is 13.0. The van der Waals surface area contributed by atoms with Crippen molar-refractivity contribution in [3.05, 3.63) is 53.6 Å². The van der Waals surface area contributed by atoms with Gasteiger partial charge in [0.15, 0.2) is 0 Å². The molecule has 0 heterocycles. The zero-order valence-corrected chi connectivity index (χ0v) is 13.0. The molecule has 0 unspecified atom stereocenters. The summed E-state index contributed by atoms with van der Waals surface area (Å²) >= 11 is 0. The summed E-state index contributed by atoms with van der Waals surface area (Å²) in [7, 11) is 0. The van der Waals surface area contributed by atoms with Gasteiger partial charge in [0, 0.05) is 23.4 Å². The van der Waals surface area contributed by atoms with Crippen LogP contribution in [0.4, 0.5) is 11.4 Å². The molecule has 0 bridgehead atoms. The van der Waals surface area contributed by atoms with Gasteiger partial charge in [0.1, 0.15) is 5.75 Å². The third-order valence-corrected chi connectivity index (χ3v) is 3.26. The number of aryl methyl sites for hydroxylation is 1. The van der Waals surface area contributed by atoms with E-state index in [1.54, 1.807) is 18.3 Å². The monoisotopic (exact) mass is 296 g/mol. The van der Waals surface area contributed by atoms with Crippen LogP contribution in [0.25, 0.3) is 0 Å². The summed E-state index contributed by atoms with van der Waals surface area (Å²) in [6.07, 6.45) is 1.62. The first kappa shape index (κ1) is 15.8. The number of aromatic hydroxyl groups is 1. The number of rotatable bonds is 4. The average Bonchev–Trinajstić information content (AvgIpc) is 2.49. The largest absolute Gasteiger partial charge is 0.507 e. The van der Waals surface area contributed by atoms with Crippen LogP contribution in [0.2, 0.25) is 0 Å². The number of aliphatic imine (C=N–C) groups is 1. The highest BCUT2D eigenvalue weighted by Gasteiger charge is 2.07. The number of phenols is 1. The van der Waals surface area contributed by atoms with Crippen LogP contribution in [-0.2, 0) is 4.79 Å². The molecule has 4 heteroatoms. The zero-order chi connectivity index (χ0) is 16.1. The van der Waals surface area contributed by atoms with Gasteiger partial charge in [0.05, 0.1) is 5.69 Å². The van der Waals surface area contributed by atoms with Gasteiger partial charge < -0.3 is 10.4 Å². The smallest absolute Gasteiger partial charge is 0.226 e. The Balaban J connectivity index is 2.18. The minimum atomic E-state index is -0.0728. The Bertz CT molecular complexity index is 706. The van der Waals surface area contributed by atoms with E-state index in [0.717, 1.165) is 5.56 Å². The second-order valence-corrected chi connectivity index (χ2v) is 5.47. The summed E-state index contributed by atoms with van der Waals surface area (Å²) in [5, 5.41) is 12.8. The van der Waals surface area contributed by atoms with Gasteiger partial charge in [-0.2, -0.15) is 0 Å². The van der Waals surface area contributed by atoms with E-state index in [4.69, 9.17) is 0 Å². The third-order valence-electron chi connectivity index (χ3n) is 3.26. The molecule has 2 aromatic rings. The topological polar surface area (TPSA) is 61.7 Å². The van der Waals surface area contributed by atoms with Crippen LogP contribution in [0.5, 0.6) is 5.75 Å². The molecule has 2 aromatic carbocycles. The number of nitrogens with one attached hydrogen (secondary N) is 1. The summed E-state index contributed by atoms with van der Waals surface area (Å²) in [5.74, 6) is 0.129. The summed E-state index contributed by atoms with van der Waals surface area (Å²) < 4.78 is 0. The van der Waals surface area contributed by atoms with Crippen LogP contribution in [0.3, 0.4) is 0 Å². The maximum absolute atomic E-state index is 11.7. The van der Waals surface area contributed by atoms with Gasteiger partial charge in [-0.15, -0.1) is 0 Å². The predicted molar refractivity (Wildman–Crippen MR) is 90.0 cm³/mol. The Labute approximate surface area is 130 Å². The number of carbonyl (C=O) groups excluding carboxylic acids is 1. The second kappa shape index (κ2) is 6.89. The number of phenolic OH excluding ortho intramolecular Hbond substituents is 1. The lowest BCUT2D eigenvalue weighted by Gasteiger charge is -2.08. The molecule has 0 radical (unpaired) electrons. The molecule has 0 spiro atoms. The first-order chi connectivity index (χ1) is 10.5. The summed E-state index contributed by atoms with van der Waals surface area (Å²) in [6.45, 7) is 5.53. The highest BCUT2D eigenvalue weighted by atomic mass is 16.3. The van der Waals surface area contributed by atoms with Crippen molar-refractivity contribution in [3.63, 3.8) is 0 Å². The number of anilines is 1. The van der Waals surface area contributed by atoms with E-state index in [1.807, 2.05) is 51.1 Å². The van der Waals surface area contributed by atoms with Crippen molar-refractivity contribution < 1.29 is 9.90 Å². The third kappa shape index (κ3) is 3.95. The van der Waals surface area contributed by atoms with Gasteiger partial charge >= 0.3 is 0 Å². The molecular weight excluding hydrogens is 276 g/mol. The van der Waals surface area contributed by atoms with Crippen LogP contribution in [0, 0.1) is 12.8 Å². The van der Waals surface area contributed by atoms with Crippen LogP contribution >= 0.6 is 0 Å². The number of hydrogen-bond donors (Lipinski definition) is 2. The minimum Gasteiger partial charge on any atom is -0.507 e. The maximum atomic E-state index is 11.7. The fourth-order valence-corrected chi connectivity index (χ4v) is 1.88. The molecule has 1 amide bonds. The van der Waals surface area contributed by atoms with Crippen molar-refractivity contribution in [1.82, 2.24) is 0 Å². The molecule has 4 nitrogen and oxygen atoms in total. The lowest BCUT2D eigenvalue weighted by molar-refractivity contribution is -0.118. The highest BCUT2D eigenvalue weighted by molar-refractivity contribution is 5.92. The number of carbonyl (C=O) groups is 1. The molecule has 0 fully saturated rings. The van der Waals surface area contributed by atoms with Crippen molar-refractivity contribution >= 4 is 23.5 Å². The Kier molecular flexibility index (Phi) is 4.94. The van der Waals surface area contributed by atoms with Gasteiger partial charge in [0.2, 0.25) is 5.91 Å². The van der Waals surface area contributed by atoms with Crippen molar-refractivity contribution in [2.75, 3.05) is 5.32 Å². The van der Waals surface area contributed by atoms with E-state index in [-0.39, 0.29) is 17.6 Å². The first-order valence-electron chi connectivity index (χ1n) is 7.21. The highest BCUT2D eigenvalue weighted by Crippen LogP contribution is 2.22. The number of para-hydroxylation sites is 1. The molecule has 0 atom stereocenters. The molecule has 0 saturated heterocycles. The Morgan fingerprint density at radius 3 is 2.68 bits per heavy atom. The van der Waals surface area contributed by atoms with E-state index >= 15 is 0 Å². The molecule has 0 aliphatic carbocycles. The lowest BCUT2D eigenvalue weighted by Crippen LogP contribution is -2.17. The van der Waals surface area contributed by atoms with Crippen LogP contribution in [-0.4, -0.2) is 17.2 Å². The summed E-state index contributed by atoms with van der Waals surface area (Å²) in [4.78, 5) is 16.1. The molecular formula is C18H20N2O2. The molecule has 0 aliphatic rings. The van der Waals surface area contributed by atoms with Crippen LogP contribution < -0.4 is 5.32 Å². The molecule has 0 aromatic heterocycles. The summed E-state index contributed by atoms with van der Waals surface area (Å²) in [5.41, 5.74) is 2.89. The van der Waals surface area contributed by atoms with Crippen molar-refractivity contribution in [1.29, 1.82) is 0 Å². The number of hydrogen-bond acceptors (Lipinski definition) is 3. The summed E-state index contributed by atoms with van der Waals surface area (Å²) in [6, 6.07) is 12.8. The quantitative estimate of drug-likeness (QED) is 0.836. The number of nitrogens with zero attached hydrogens (tertiary/aromatic N) is 1. The average molecular weight is 296 g/mol. The van der Waals surface area contributed by atoms with E-state index in [1.165, 1.54) is 0 Å². The molecule has 114 valence electrons. The number of benzene rings is 2. The molecule has 22 heavy (non-hydrogen) atoms. The lowest BCUT2D eigenvalue weighted by atomic mass is 10.1. The fourth-order valence-electron chi connectivity index (χ4n) is 1.88. The van der Waals surface area contributed by atoms with Crippen LogP contribution in [0.15, 0.2) is 47.5 Å². The second-order valence-electron chi connectivity index (χ2n) is 5.47. The van der Waals surface area contributed by atoms with Gasteiger partial charge in [-0.05, 0) is 36.8 Å². The Morgan fingerprint density at radius 1 is 1.23 bits per heavy atom. The fraction of sp³-hybridized carbons (Fsp3) is 0.222. The Hall–Kier alpha value is -2.62. The van der Waals surface area contributed by atoms with E-state index in [9.17, 15) is 9.90 Å². The predicted octanol–water partition coefficient (Wildman–Crippen LogP) is 4.05. The number of amides is 1. The van der Waals surface area contributed by atoms with E-state index < -0.39 is 0 Å². The van der Waals surface area contributed by atoms with Crippen molar-refractivity contribution in [2.45, 2.75) is 20.8 Å². The van der Waals surface area contributed by atoms with E-state index in [2.05, 4.69) is 10.3 Å². The first-order valence-corrected chi connectivity index (χ1v) is 7.21.